The van der Waals surface area contributed by atoms with Crippen LogP contribution in [0.3, 0.4) is 0 Å². The lowest BCUT2D eigenvalue weighted by Gasteiger charge is -2.32. The van der Waals surface area contributed by atoms with Crippen molar-refractivity contribution < 1.29 is 9.31 Å². The summed E-state index contributed by atoms with van der Waals surface area (Å²) in [6, 6.07) is 11.9. The standard InChI is InChI=1S/C17H21BN2O2/c1-16(2)17(3,4)22-18(21-16)14-10-11-19-12-15(14)20-13-8-6-5-7-9-13/h5-12,20H,1-4H3. The van der Waals surface area contributed by atoms with Crippen LogP contribution in [0.2, 0.25) is 0 Å². The molecule has 0 unspecified atom stereocenters. The molecule has 0 spiro atoms. The van der Waals surface area contributed by atoms with E-state index in [1.807, 2.05) is 36.4 Å². The van der Waals surface area contributed by atoms with Gasteiger partial charge in [-0.1, -0.05) is 18.2 Å². The van der Waals surface area contributed by atoms with Crippen LogP contribution in [0.1, 0.15) is 27.7 Å². The quantitative estimate of drug-likeness (QED) is 0.884. The molecule has 0 radical (unpaired) electrons. The van der Waals surface area contributed by atoms with E-state index in [2.05, 4.69) is 38.0 Å². The summed E-state index contributed by atoms with van der Waals surface area (Å²) in [5, 5.41) is 3.38. The second-order valence-electron chi connectivity index (χ2n) is 6.54. The fourth-order valence-corrected chi connectivity index (χ4v) is 2.36. The molecular weight excluding hydrogens is 275 g/mol. The highest BCUT2D eigenvalue weighted by atomic mass is 16.7. The van der Waals surface area contributed by atoms with E-state index in [0.29, 0.717) is 0 Å². The lowest BCUT2D eigenvalue weighted by Crippen LogP contribution is -2.41. The van der Waals surface area contributed by atoms with E-state index in [9.17, 15) is 0 Å². The molecule has 2 heterocycles. The zero-order chi connectivity index (χ0) is 15.8. The number of benzene rings is 1. The van der Waals surface area contributed by atoms with Crippen LogP contribution in [-0.4, -0.2) is 23.3 Å². The van der Waals surface area contributed by atoms with Crippen LogP contribution in [-0.2, 0) is 9.31 Å². The van der Waals surface area contributed by atoms with E-state index in [4.69, 9.17) is 9.31 Å². The maximum absolute atomic E-state index is 6.14. The highest BCUT2D eigenvalue weighted by molar-refractivity contribution is 6.64. The monoisotopic (exact) mass is 296 g/mol. The molecule has 5 heteroatoms. The average Bonchev–Trinajstić information content (AvgIpc) is 2.69. The highest BCUT2D eigenvalue weighted by Crippen LogP contribution is 2.37. The van der Waals surface area contributed by atoms with Gasteiger partial charge in [0.25, 0.3) is 0 Å². The third kappa shape index (κ3) is 2.74. The third-order valence-electron chi connectivity index (χ3n) is 4.41. The molecular formula is C17H21BN2O2. The molecule has 2 aromatic rings. The zero-order valence-corrected chi connectivity index (χ0v) is 13.5. The first-order valence-electron chi connectivity index (χ1n) is 7.51. The van der Waals surface area contributed by atoms with Crippen molar-refractivity contribution in [3.8, 4) is 0 Å². The van der Waals surface area contributed by atoms with Crippen LogP contribution >= 0.6 is 0 Å². The summed E-state index contributed by atoms with van der Waals surface area (Å²) in [4.78, 5) is 4.21. The Morgan fingerprint density at radius 3 is 2.23 bits per heavy atom. The van der Waals surface area contributed by atoms with Gasteiger partial charge in [-0.15, -0.1) is 0 Å². The number of nitrogens with one attached hydrogen (secondary N) is 1. The molecule has 0 amide bonds. The Bertz CT molecular complexity index is 643. The Morgan fingerprint density at radius 2 is 1.59 bits per heavy atom. The van der Waals surface area contributed by atoms with E-state index >= 15 is 0 Å². The summed E-state index contributed by atoms with van der Waals surface area (Å²) in [6.07, 6.45) is 3.56. The van der Waals surface area contributed by atoms with E-state index in [-0.39, 0.29) is 11.2 Å². The Hall–Kier alpha value is -1.85. The van der Waals surface area contributed by atoms with Gasteiger partial charge in [0.15, 0.2) is 0 Å². The number of para-hydroxylation sites is 1. The van der Waals surface area contributed by atoms with Gasteiger partial charge in [-0.2, -0.15) is 0 Å². The van der Waals surface area contributed by atoms with Crippen molar-refractivity contribution in [3.63, 3.8) is 0 Å². The third-order valence-corrected chi connectivity index (χ3v) is 4.41. The summed E-state index contributed by atoms with van der Waals surface area (Å²) in [5.41, 5.74) is 2.15. The molecule has 1 aromatic carbocycles. The minimum absolute atomic E-state index is 0.356. The molecule has 1 N–H and O–H groups in total. The van der Waals surface area contributed by atoms with Crippen LogP contribution in [0.15, 0.2) is 48.8 Å². The topological polar surface area (TPSA) is 43.4 Å². The van der Waals surface area contributed by atoms with Crippen LogP contribution < -0.4 is 10.8 Å². The number of pyridine rings is 1. The maximum Gasteiger partial charge on any atom is 0.497 e. The predicted octanol–water partition coefficient (Wildman–Crippen LogP) is 3.12. The van der Waals surface area contributed by atoms with Crippen LogP contribution in [0.25, 0.3) is 0 Å². The van der Waals surface area contributed by atoms with E-state index in [1.165, 1.54) is 0 Å². The number of anilines is 2. The Kier molecular flexibility index (Phi) is 3.71. The van der Waals surface area contributed by atoms with Gasteiger partial charge in [-0.25, -0.2) is 0 Å². The average molecular weight is 296 g/mol. The summed E-state index contributed by atoms with van der Waals surface area (Å²) < 4.78 is 12.3. The first-order chi connectivity index (χ1) is 10.4. The molecule has 114 valence electrons. The molecule has 1 fully saturated rings. The number of hydrogen-bond donors (Lipinski definition) is 1. The number of aromatic nitrogens is 1. The Labute approximate surface area is 132 Å². The molecule has 1 aromatic heterocycles. The molecule has 3 rings (SSSR count). The smallest absolute Gasteiger partial charge is 0.399 e. The summed E-state index contributed by atoms with van der Waals surface area (Å²) in [6.45, 7) is 8.22. The molecule has 0 bridgehead atoms. The van der Waals surface area contributed by atoms with Crippen LogP contribution in [0, 0.1) is 0 Å². The SMILES string of the molecule is CC1(C)OB(c2ccncc2Nc2ccccc2)OC1(C)C. The molecule has 1 aliphatic rings. The largest absolute Gasteiger partial charge is 0.497 e. The highest BCUT2D eigenvalue weighted by Gasteiger charge is 2.52. The van der Waals surface area contributed by atoms with E-state index in [1.54, 1.807) is 12.4 Å². The first kappa shape index (κ1) is 15.1. The maximum atomic E-state index is 6.14. The Morgan fingerprint density at radius 1 is 0.955 bits per heavy atom. The molecule has 1 aliphatic heterocycles. The second-order valence-corrected chi connectivity index (χ2v) is 6.54. The summed E-state index contributed by atoms with van der Waals surface area (Å²) in [7, 11) is -0.404. The Balaban J connectivity index is 1.90. The number of hydrogen-bond acceptors (Lipinski definition) is 4. The molecule has 4 nitrogen and oxygen atoms in total. The number of nitrogens with zero attached hydrogens (tertiary/aromatic N) is 1. The fourth-order valence-electron chi connectivity index (χ4n) is 2.36. The van der Waals surface area contributed by atoms with Gasteiger partial charge in [-0.3, -0.25) is 4.98 Å². The molecule has 0 saturated carbocycles. The van der Waals surface area contributed by atoms with Crippen molar-refractivity contribution >= 4 is 24.0 Å². The lowest BCUT2D eigenvalue weighted by molar-refractivity contribution is 0.00578. The molecule has 1 saturated heterocycles. The van der Waals surface area contributed by atoms with E-state index in [0.717, 1.165) is 16.8 Å². The van der Waals surface area contributed by atoms with Crippen molar-refractivity contribution in [2.24, 2.45) is 0 Å². The van der Waals surface area contributed by atoms with Crippen molar-refractivity contribution in [2.75, 3.05) is 5.32 Å². The molecule has 22 heavy (non-hydrogen) atoms. The van der Waals surface area contributed by atoms with Crippen molar-refractivity contribution in [2.45, 2.75) is 38.9 Å². The van der Waals surface area contributed by atoms with Gasteiger partial charge in [0.1, 0.15) is 0 Å². The van der Waals surface area contributed by atoms with Crippen LogP contribution in [0.4, 0.5) is 11.4 Å². The van der Waals surface area contributed by atoms with Gasteiger partial charge in [0.05, 0.1) is 16.9 Å². The van der Waals surface area contributed by atoms with Gasteiger partial charge >= 0.3 is 7.12 Å². The van der Waals surface area contributed by atoms with Gasteiger partial charge < -0.3 is 14.6 Å². The van der Waals surface area contributed by atoms with Gasteiger partial charge in [-0.05, 0) is 45.9 Å². The summed E-state index contributed by atoms with van der Waals surface area (Å²) in [5.74, 6) is 0. The first-order valence-corrected chi connectivity index (χ1v) is 7.51. The van der Waals surface area contributed by atoms with Crippen molar-refractivity contribution in [1.82, 2.24) is 4.98 Å². The second kappa shape index (κ2) is 5.41. The molecule has 0 aliphatic carbocycles. The summed E-state index contributed by atoms with van der Waals surface area (Å²) >= 11 is 0. The number of rotatable bonds is 3. The van der Waals surface area contributed by atoms with Gasteiger partial charge in [0, 0.05) is 23.5 Å². The fraction of sp³-hybridized carbons (Fsp3) is 0.353. The normalized spacial score (nSPS) is 19.2. The zero-order valence-electron chi connectivity index (χ0n) is 13.5. The predicted molar refractivity (Wildman–Crippen MR) is 89.7 cm³/mol. The minimum Gasteiger partial charge on any atom is -0.399 e. The lowest BCUT2D eigenvalue weighted by atomic mass is 9.78. The minimum atomic E-state index is -0.404. The van der Waals surface area contributed by atoms with Gasteiger partial charge in [0.2, 0.25) is 0 Å². The van der Waals surface area contributed by atoms with Crippen molar-refractivity contribution in [1.29, 1.82) is 0 Å². The van der Waals surface area contributed by atoms with Crippen molar-refractivity contribution in [3.05, 3.63) is 48.8 Å². The van der Waals surface area contributed by atoms with Crippen LogP contribution in [0.5, 0.6) is 0 Å². The molecule has 0 atom stereocenters. The van der Waals surface area contributed by atoms with E-state index < -0.39 is 7.12 Å².